The molecule has 6 aromatic rings. The van der Waals surface area contributed by atoms with E-state index >= 15 is 0 Å². The molecule has 0 amide bonds. The van der Waals surface area contributed by atoms with Gasteiger partial charge in [0.2, 0.25) is 0 Å². The molecule has 418 valence electrons. The summed E-state index contributed by atoms with van der Waals surface area (Å²) in [6.45, 7) is 14.3. The number of aromatic nitrogens is 6. The number of halogens is 1. The van der Waals surface area contributed by atoms with Crippen LogP contribution in [0.3, 0.4) is 0 Å². The van der Waals surface area contributed by atoms with E-state index in [9.17, 15) is 10.2 Å². The van der Waals surface area contributed by atoms with E-state index in [0.717, 1.165) is 120 Å². The summed E-state index contributed by atoms with van der Waals surface area (Å²) in [5.74, 6) is 29.3. The van der Waals surface area contributed by atoms with E-state index in [4.69, 9.17) is 55.9 Å². The van der Waals surface area contributed by atoms with E-state index in [1.165, 1.54) is 0 Å². The van der Waals surface area contributed by atoms with Crippen molar-refractivity contribution in [2.75, 3.05) is 69.7 Å². The van der Waals surface area contributed by atoms with Gasteiger partial charge in [-0.2, -0.15) is 0 Å². The molecule has 0 saturated carbocycles. The number of nitrogens with zero attached hydrogens (tertiary/aromatic N) is 6. The van der Waals surface area contributed by atoms with Crippen LogP contribution >= 0.6 is 15.9 Å². The largest absolute Gasteiger partial charge is 1.00 e. The van der Waals surface area contributed by atoms with Crippen molar-refractivity contribution < 1.29 is 118 Å². The van der Waals surface area contributed by atoms with Crippen LogP contribution < -0.4 is 90.4 Å². The molecular formula is C58H78BrCsN8O10. The Morgan fingerprint density at radius 2 is 1.12 bits per heavy atom. The van der Waals surface area contributed by atoms with Gasteiger partial charge >= 0.3 is 68.9 Å². The molecule has 4 aromatic heterocycles. The first-order valence-electron chi connectivity index (χ1n) is 24.7. The number of aryl methyl sites for hydroxylation is 3. The average molecular weight is 1260 g/mol. The quantitative estimate of drug-likeness (QED) is 0.0129. The Hall–Kier alpha value is -5.04. The number of nitrogens with two attached hydrogens (primary N) is 2. The summed E-state index contributed by atoms with van der Waals surface area (Å²) < 4.78 is 20.1. The van der Waals surface area contributed by atoms with E-state index < -0.39 is 0 Å². The second-order valence-electron chi connectivity index (χ2n) is 15.7. The normalized spacial score (nSPS) is 9.41. The van der Waals surface area contributed by atoms with Crippen LogP contribution in [0, 0.1) is 59.2 Å². The molecule has 18 nitrogen and oxygen atoms in total. The van der Waals surface area contributed by atoms with Gasteiger partial charge in [-0.15, -0.1) is 0 Å². The maximum Gasteiger partial charge on any atom is 1.00 e. The molecule has 0 aliphatic rings. The second-order valence-corrected chi connectivity index (χ2v) is 16.5. The fourth-order valence-corrected chi connectivity index (χ4v) is 7.22. The zero-order valence-corrected chi connectivity index (χ0v) is 52.5. The van der Waals surface area contributed by atoms with Crippen molar-refractivity contribution in [3.05, 3.63) is 48.0 Å². The van der Waals surface area contributed by atoms with Crippen LogP contribution in [-0.2, 0) is 45.1 Å². The number of rotatable bonds is 23. The van der Waals surface area contributed by atoms with E-state index in [1.807, 2.05) is 24.3 Å². The summed E-state index contributed by atoms with van der Waals surface area (Å²) in [5, 5.41) is 47.6. The number of imidazole rings is 2. The van der Waals surface area contributed by atoms with Crippen LogP contribution in [0.2, 0.25) is 0 Å². The summed E-state index contributed by atoms with van der Waals surface area (Å²) in [4.78, 5) is 29.6. The van der Waals surface area contributed by atoms with Crippen LogP contribution in [0.15, 0.2) is 36.4 Å². The van der Waals surface area contributed by atoms with Gasteiger partial charge in [0.15, 0.2) is 11.6 Å². The van der Waals surface area contributed by atoms with Gasteiger partial charge in [-0.25, -0.2) is 19.9 Å². The van der Waals surface area contributed by atoms with Crippen molar-refractivity contribution in [2.24, 2.45) is 0 Å². The number of aliphatic hydroxyl groups is 3. The molecule has 0 bridgehead atoms. The van der Waals surface area contributed by atoms with Gasteiger partial charge in [-0.3, -0.25) is 4.79 Å². The number of anilines is 2. The first-order valence-corrected chi connectivity index (χ1v) is 25.8. The molecular weight excluding hydrogens is 1180 g/mol. The van der Waals surface area contributed by atoms with Crippen molar-refractivity contribution in [3.63, 3.8) is 0 Å². The number of hydrogen-bond acceptors (Lipinski definition) is 16. The number of nitrogen functional groups attached to an aromatic ring is 2. The van der Waals surface area contributed by atoms with Crippen molar-refractivity contribution in [3.8, 4) is 70.7 Å². The molecule has 0 aliphatic carbocycles. The van der Waals surface area contributed by atoms with Gasteiger partial charge in [-0.05, 0) is 118 Å². The van der Waals surface area contributed by atoms with Gasteiger partial charge in [0.05, 0.1) is 68.3 Å². The monoisotopic (exact) mass is 1260 g/mol. The molecule has 2 aromatic carbocycles. The zero-order valence-electron chi connectivity index (χ0n) is 44.6. The van der Waals surface area contributed by atoms with E-state index in [2.05, 4.69) is 120 Å². The summed E-state index contributed by atoms with van der Waals surface area (Å²) in [6.07, 6.45) is 8.71. The number of phenolic OH excluding ortho intramolecular Hbond substituents is 1. The molecule has 20 heteroatoms. The third-order valence-electron chi connectivity index (χ3n) is 10.2. The number of aromatic hydroxyl groups is 1. The first kappa shape index (κ1) is 75.0. The predicted molar refractivity (Wildman–Crippen MR) is 310 cm³/mol. The number of pyridine rings is 2. The first-order chi connectivity index (χ1) is 36.6. The van der Waals surface area contributed by atoms with Crippen LogP contribution in [0.25, 0.3) is 43.9 Å². The van der Waals surface area contributed by atoms with Crippen LogP contribution in [0.1, 0.15) is 106 Å². The minimum Gasteiger partial charge on any atom is -0.662 e. The molecule has 78 heavy (non-hydrogen) atoms. The van der Waals surface area contributed by atoms with Crippen LogP contribution in [0.5, 0.6) is 11.5 Å². The van der Waals surface area contributed by atoms with Gasteiger partial charge in [-0.1, -0.05) is 76.2 Å². The van der Waals surface area contributed by atoms with Gasteiger partial charge in [0, 0.05) is 60.8 Å². The number of carbonyl (C=O) groups excluding carboxylic acids is 1. The minimum atomic E-state index is -0.181. The molecule has 0 saturated heterocycles. The molecule has 0 atom stereocenters. The van der Waals surface area contributed by atoms with Crippen LogP contribution in [-0.4, -0.2) is 114 Å². The number of unbranched alkanes of at least 4 members (excludes halogenated alkanes) is 3. The Morgan fingerprint density at radius 1 is 0.628 bits per heavy atom. The Morgan fingerprint density at radius 3 is 1.56 bits per heavy atom. The number of phenols is 1. The van der Waals surface area contributed by atoms with Gasteiger partial charge in [0.1, 0.15) is 34.2 Å². The van der Waals surface area contributed by atoms with E-state index in [1.54, 1.807) is 26.0 Å². The predicted octanol–water partition coefficient (Wildman–Crippen LogP) is 4.44. The third-order valence-corrected chi connectivity index (χ3v) is 10.5. The summed E-state index contributed by atoms with van der Waals surface area (Å²) in [7, 11) is 0. The van der Waals surface area contributed by atoms with Crippen molar-refractivity contribution >= 4 is 77.9 Å². The number of ether oxygens (including phenoxy) is 3. The maximum absolute atomic E-state index is 9.68. The second kappa shape index (κ2) is 46.8. The Bertz CT molecular complexity index is 2950. The Kier molecular flexibility index (Phi) is 45.1. The summed E-state index contributed by atoms with van der Waals surface area (Å²) >= 11 is 3.23. The third kappa shape index (κ3) is 26.7. The molecule has 0 radical (unpaired) electrons. The molecule has 0 spiro atoms. The summed E-state index contributed by atoms with van der Waals surface area (Å²) in [5.41, 5.74) is 17.2. The fourth-order valence-electron chi connectivity index (χ4n) is 6.99. The zero-order chi connectivity index (χ0) is 55.1. The standard InChI is InChI=1S/C20H28N4O3.C17H22N4O.C12H6.C6H13BrO3.CH2O3.2CH4.Cs/c1-2-3-6-17-23-18-19(24(17)9-11-26)15-8-7-14(27-12-5-4-10-25)13-16(15)22-20(18)21;1-3-5-6-14-20-15-16(21(14)9-4-2)12-8-7-11(22)10-13(12)19-17(15)18;1-3-5-7-9-11-12-10-8-6-4-2;7-1-3-9-5-6-10-4-2-8;2-1-4-3;;;/h7-8,13,25-26H,2-6,9-12H2,1H3,(H2,21,22);7-8,10,22H,3-6,9H2,1-2H3,(H2,18,19);1-2H3;8H,1-6H2;1,3H;2*1H4;/q;;;;;;;+1/p-1. The average Bonchev–Trinajstić information content (AvgIpc) is 3.97. The van der Waals surface area contributed by atoms with Gasteiger partial charge < -0.3 is 65.4 Å². The maximum atomic E-state index is 9.68. The number of carbonyl (C=O) groups is 1. The van der Waals surface area contributed by atoms with Crippen LogP contribution in [0.4, 0.5) is 11.6 Å². The Labute approximate surface area is 528 Å². The minimum absolute atomic E-state index is 0. The number of benzene rings is 2. The SMILES string of the molecule is C.C.CC#CC#CC#CC#CC#CC.CCCCc1nc2c(N)nc3cc(O)ccc3c2n1CCC.CCCCc1nc2c(N)nc3cc(OCCCCO)ccc3c2n1CCO.O=CO[O-].OCCOCCOCCBr.[Cs+]. The molecule has 0 unspecified atom stereocenters. The number of hydrogen-bond donors (Lipinski definition) is 6. The topological polar surface area (TPSA) is 271 Å². The van der Waals surface area contributed by atoms with E-state index in [-0.39, 0.29) is 116 Å². The molecule has 0 fully saturated rings. The van der Waals surface area contributed by atoms with Crippen molar-refractivity contribution in [1.82, 2.24) is 29.1 Å². The van der Waals surface area contributed by atoms with Crippen molar-refractivity contribution in [1.29, 1.82) is 0 Å². The Balaban J connectivity index is 0. The molecule has 8 N–H and O–H groups in total. The van der Waals surface area contributed by atoms with Gasteiger partial charge in [0.25, 0.3) is 6.47 Å². The summed E-state index contributed by atoms with van der Waals surface area (Å²) in [6, 6.07) is 11.0. The number of aliphatic hydroxyl groups excluding tert-OH is 3. The smallest absolute Gasteiger partial charge is 0.662 e. The molecule has 4 heterocycles. The molecule has 6 rings (SSSR count). The number of alkyl halides is 1. The molecule has 0 aliphatic heterocycles. The van der Waals surface area contributed by atoms with Crippen molar-refractivity contribution in [2.45, 2.75) is 120 Å². The van der Waals surface area contributed by atoms with E-state index in [0.29, 0.717) is 62.2 Å². The fraction of sp³-hybridized carbons (Fsp3) is 0.466. The number of fused-ring (bicyclic) bond motifs is 6.